The number of unbranched alkanes of at least 4 members (excludes halogenated alkanes) is 1. The van der Waals surface area contributed by atoms with E-state index in [-0.39, 0.29) is 42.2 Å². The third-order valence-corrected chi connectivity index (χ3v) is 3.92. The molecule has 0 heterocycles. The van der Waals surface area contributed by atoms with Crippen molar-refractivity contribution in [2.24, 2.45) is 5.92 Å². The minimum Gasteiger partial charge on any atom is -0.303 e. The zero-order chi connectivity index (χ0) is 26.4. The second kappa shape index (κ2) is 45.1. The van der Waals surface area contributed by atoms with Crippen LogP contribution in [-0.2, 0) is 45.8 Å². The Labute approximate surface area is 236 Å². The molecule has 0 aliphatic heterocycles. The third-order valence-electron chi connectivity index (χ3n) is 3.92. The van der Waals surface area contributed by atoms with E-state index in [0.717, 1.165) is 43.8 Å². The average molecular weight is 606 g/mol. The van der Waals surface area contributed by atoms with E-state index < -0.39 is 0 Å². The number of aldehydes is 2. The van der Waals surface area contributed by atoms with Crippen molar-refractivity contribution < 1.29 is 45.8 Å². The van der Waals surface area contributed by atoms with Crippen molar-refractivity contribution >= 4 is 12.6 Å². The van der Waals surface area contributed by atoms with Crippen molar-refractivity contribution in [3.63, 3.8) is 0 Å². The van der Waals surface area contributed by atoms with Gasteiger partial charge in [-0.3, -0.25) is 0 Å². The van der Waals surface area contributed by atoms with Gasteiger partial charge in [-0.2, -0.15) is 0 Å². The Morgan fingerprint density at radius 1 is 0.971 bits per heavy atom. The van der Waals surface area contributed by atoms with Crippen LogP contribution in [-0.4, -0.2) is 12.6 Å². The van der Waals surface area contributed by atoms with Crippen LogP contribution in [0.3, 0.4) is 0 Å². The van der Waals surface area contributed by atoms with Crippen LogP contribution in [0.25, 0.3) is 0 Å². The van der Waals surface area contributed by atoms with E-state index >= 15 is 0 Å². The molecule has 0 aromatic heterocycles. The molecule has 0 aromatic rings. The molecule has 0 saturated carbocycles. The second-order valence-electron chi connectivity index (χ2n) is 7.24. The minimum absolute atomic E-state index is 0. The van der Waals surface area contributed by atoms with E-state index in [2.05, 4.69) is 65.5 Å². The average Bonchev–Trinajstić information content (AvgIpc) is 2.81. The summed E-state index contributed by atoms with van der Waals surface area (Å²) >= 11 is 0. The molecular formula is C30H51CoO2Rh+. The first-order chi connectivity index (χ1) is 15.1. The molecular weight excluding hydrogens is 554 g/mol. The quantitative estimate of drug-likeness (QED) is 0.0587. The smallest absolute Gasteiger partial charge is 0.124 e. The standard InChI is InChI=1S/C8H13O.C8H14O.C7H12.C5H8.C2H4.Co.Rh/c1-4-7(2)5-8(3)6-9;1-3-8(2)6-4-5-7-9;1-4-6-7(3)5-2;1-4-5(2)3;1-2;;/h4,6,8H,1,5H2,2-3H3;3,7H,4-6H2,1-2H3;4-5H,1,6H2,2-3H3;4H,1-2H2,3H3;1-2H2;;/q+1;;;;;;/b;8-3+;7-5-;;;;. The van der Waals surface area contributed by atoms with Crippen LogP contribution in [0.15, 0.2) is 86.6 Å². The first kappa shape index (κ1) is 49.6. The summed E-state index contributed by atoms with van der Waals surface area (Å²) in [4.78, 5) is 20.0. The van der Waals surface area contributed by atoms with E-state index in [1.807, 2.05) is 40.7 Å². The predicted molar refractivity (Wildman–Crippen MR) is 149 cm³/mol. The molecule has 0 amide bonds. The van der Waals surface area contributed by atoms with Crippen molar-refractivity contribution in [1.82, 2.24) is 0 Å². The molecule has 2 nitrogen and oxygen atoms in total. The fourth-order valence-electron chi connectivity index (χ4n) is 1.59. The van der Waals surface area contributed by atoms with Gasteiger partial charge in [-0.15, -0.1) is 19.7 Å². The van der Waals surface area contributed by atoms with Crippen LogP contribution in [0.2, 0.25) is 0 Å². The second-order valence-corrected chi connectivity index (χ2v) is 7.24. The van der Waals surface area contributed by atoms with Crippen LogP contribution in [0, 0.1) is 11.8 Å². The molecule has 2 radical (unpaired) electrons. The zero-order valence-electron chi connectivity index (χ0n) is 22.9. The van der Waals surface area contributed by atoms with Gasteiger partial charge < -0.3 is 9.59 Å². The summed E-state index contributed by atoms with van der Waals surface area (Å²) in [5.74, 6) is 1.32. The molecule has 4 heteroatoms. The number of carbonyl (C=O) groups excluding carboxylic acids is 2. The van der Waals surface area contributed by atoms with E-state index in [0.29, 0.717) is 6.42 Å². The number of allylic oxidation sites excluding steroid dienone is 8. The third kappa shape index (κ3) is 63.2. The molecule has 0 aromatic carbocycles. The Morgan fingerprint density at radius 3 is 1.65 bits per heavy atom. The molecule has 0 saturated heterocycles. The van der Waals surface area contributed by atoms with Crippen LogP contribution in [0.5, 0.6) is 0 Å². The summed E-state index contributed by atoms with van der Waals surface area (Å²) in [6.45, 7) is 34.3. The minimum atomic E-state index is 0. The van der Waals surface area contributed by atoms with Crippen molar-refractivity contribution in [3.8, 4) is 0 Å². The van der Waals surface area contributed by atoms with E-state index in [4.69, 9.17) is 0 Å². The van der Waals surface area contributed by atoms with Gasteiger partial charge in [-0.05, 0) is 53.9 Å². The van der Waals surface area contributed by atoms with Gasteiger partial charge in [0.1, 0.15) is 12.6 Å². The van der Waals surface area contributed by atoms with E-state index in [1.54, 1.807) is 12.2 Å². The SMILES string of the molecule is C/C=C(\C)CCCC=O.C=C.C=CC(=C)C.C=CC/C(C)=C\C.C=C[C+](C)CC(C)C=O.[Co].[Rh]. The molecule has 0 fully saturated rings. The summed E-state index contributed by atoms with van der Waals surface area (Å²) in [5, 5.41) is 0. The molecule has 200 valence electrons. The van der Waals surface area contributed by atoms with Crippen molar-refractivity contribution in [2.75, 3.05) is 0 Å². The Kier molecular flexibility index (Phi) is 65.8. The molecule has 0 N–H and O–H groups in total. The van der Waals surface area contributed by atoms with Gasteiger partial charge in [-0.1, -0.05) is 61.1 Å². The summed E-state index contributed by atoms with van der Waals surface area (Å²) in [7, 11) is 0. The van der Waals surface area contributed by atoms with Gasteiger partial charge in [0.2, 0.25) is 0 Å². The zero-order valence-corrected chi connectivity index (χ0v) is 25.6. The summed E-state index contributed by atoms with van der Waals surface area (Å²) in [6.07, 6.45) is 16.2. The Hall–Kier alpha value is -1.48. The van der Waals surface area contributed by atoms with Crippen LogP contribution in [0.4, 0.5) is 0 Å². The van der Waals surface area contributed by atoms with Gasteiger partial charge in [0.05, 0.1) is 12.0 Å². The predicted octanol–water partition coefficient (Wildman–Crippen LogP) is 9.39. The monoisotopic (exact) mass is 605 g/mol. The molecule has 0 spiro atoms. The summed E-state index contributed by atoms with van der Waals surface area (Å²) < 4.78 is 0. The van der Waals surface area contributed by atoms with E-state index in [9.17, 15) is 9.59 Å². The maximum absolute atomic E-state index is 10.1. The number of hydrogen-bond acceptors (Lipinski definition) is 2. The van der Waals surface area contributed by atoms with Crippen molar-refractivity contribution in [1.29, 1.82) is 0 Å². The summed E-state index contributed by atoms with van der Waals surface area (Å²) in [5.41, 5.74) is 3.77. The first-order valence-corrected chi connectivity index (χ1v) is 11.1. The van der Waals surface area contributed by atoms with Crippen LogP contribution >= 0.6 is 0 Å². The van der Waals surface area contributed by atoms with Gasteiger partial charge >= 0.3 is 0 Å². The fraction of sp³-hybridized carbons (Fsp3) is 0.433. The molecule has 0 aliphatic carbocycles. The summed E-state index contributed by atoms with van der Waals surface area (Å²) in [6, 6.07) is 0. The molecule has 0 aliphatic rings. The molecule has 1 atom stereocenters. The molecule has 1 unspecified atom stereocenters. The molecule has 0 bridgehead atoms. The van der Waals surface area contributed by atoms with Crippen molar-refractivity contribution in [2.45, 2.75) is 80.6 Å². The van der Waals surface area contributed by atoms with Gasteiger partial charge in [-0.25, -0.2) is 0 Å². The Bertz CT molecular complexity index is 536. The maximum Gasteiger partial charge on any atom is 0.124 e. The largest absolute Gasteiger partial charge is 0.303 e. The molecule has 34 heavy (non-hydrogen) atoms. The first-order valence-electron chi connectivity index (χ1n) is 11.1. The number of carbonyl (C=O) groups is 2. The Balaban J connectivity index is -0.0000000557. The maximum atomic E-state index is 10.1. The normalized spacial score (nSPS) is 9.74. The number of hydrogen-bond donors (Lipinski definition) is 0. The van der Waals surface area contributed by atoms with E-state index in [1.165, 1.54) is 17.1 Å². The topological polar surface area (TPSA) is 34.1 Å². The van der Waals surface area contributed by atoms with Crippen molar-refractivity contribution in [3.05, 3.63) is 92.5 Å². The van der Waals surface area contributed by atoms with Crippen LogP contribution < -0.4 is 0 Å². The van der Waals surface area contributed by atoms with Gasteiger partial charge in [0.25, 0.3) is 0 Å². The van der Waals surface area contributed by atoms with Gasteiger partial charge in [0.15, 0.2) is 0 Å². The molecule has 0 rings (SSSR count). The fourth-order valence-corrected chi connectivity index (χ4v) is 1.59. The number of rotatable bonds is 11. The Morgan fingerprint density at radius 2 is 1.41 bits per heavy atom. The van der Waals surface area contributed by atoms with Gasteiger partial charge in [0, 0.05) is 68.5 Å². The van der Waals surface area contributed by atoms with Crippen LogP contribution in [0.1, 0.15) is 80.6 Å².